The number of benzene rings is 1. The Bertz CT molecular complexity index is 783. The molecule has 1 aromatic heterocycles. The maximum Gasteiger partial charge on any atom is 0.374 e. The van der Waals surface area contributed by atoms with Gasteiger partial charge in [0.05, 0.1) is 0 Å². The second-order valence-corrected chi connectivity index (χ2v) is 6.21. The van der Waals surface area contributed by atoms with Crippen molar-refractivity contribution in [2.45, 2.75) is 25.8 Å². The second-order valence-electron chi connectivity index (χ2n) is 5.78. The first-order valence-corrected chi connectivity index (χ1v) is 7.87. The van der Waals surface area contributed by atoms with Crippen molar-refractivity contribution in [1.29, 1.82) is 0 Å². The largest absolute Gasteiger partial charge is 0.374 e. The van der Waals surface area contributed by atoms with Crippen LogP contribution in [0.4, 0.5) is 10.7 Å². The summed E-state index contributed by atoms with van der Waals surface area (Å²) in [5, 5.41) is 7.35. The van der Waals surface area contributed by atoms with Crippen molar-refractivity contribution in [3.05, 3.63) is 45.3 Å². The summed E-state index contributed by atoms with van der Waals surface area (Å²) in [6.45, 7) is 1.86. The summed E-state index contributed by atoms with van der Waals surface area (Å²) in [7, 11) is 3.36. The summed E-state index contributed by atoms with van der Waals surface area (Å²) in [6, 6.07) is 6.82. The van der Waals surface area contributed by atoms with E-state index in [1.807, 2.05) is 31.2 Å². The van der Waals surface area contributed by atoms with E-state index >= 15 is 0 Å². The third kappa shape index (κ3) is 4.08. The van der Waals surface area contributed by atoms with Crippen LogP contribution in [0.15, 0.2) is 29.1 Å². The Labute approximate surface area is 144 Å². The molecule has 9 heteroatoms. The Morgan fingerprint density at radius 3 is 2.75 bits per heavy atom. The predicted molar refractivity (Wildman–Crippen MR) is 94.1 cm³/mol. The van der Waals surface area contributed by atoms with E-state index in [4.69, 9.17) is 17.4 Å². The normalized spacial score (nSPS) is 12.0. The summed E-state index contributed by atoms with van der Waals surface area (Å²) in [5.41, 5.74) is 0.389. The number of rotatable bonds is 5. The van der Waals surface area contributed by atoms with Crippen LogP contribution >= 0.6 is 11.6 Å². The fourth-order valence-electron chi connectivity index (χ4n) is 2.22. The van der Waals surface area contributed by atoms with Crippen molar-refractivity contribution in [3.8, 4) is 0 Å². The van der Waals surface area contributed by atoms with Crippen molar-refractivity contribution in [3.63, 3.8) is 0 Å². The molecule has 2 rings (SSSR count). The second kappa shape index (κ2) is 7.39. The van der Waals surface area contributed by atoms with E-state index in [0.29, 0.717) is 11.4 Å². The number of carbonyl (C=O) groups excluding carboxylic acids is 1. The fraction of sp³-hybridized carbons (Fsp3) is 0.400. The number of hydrogen-bond acceptors (Lipinski definition) is 5. The van der Waals surface area contributed by atoms with E-state index in [2.05, 4.69) is 10.4 Å². The topological polar surface area (TPSA) is 98.2 Å². The van der Waals surface area contributed by atoms with Gasteiger partial charge in [-0.3, -0.25) is 0 Å². The zero-order chi connectivity index (χ0) is 17.9. The Balaban J connectivity index is 1.99. The van der Waals surface area contributed by atoms with Crippen LogP contribution in [0.2, 0.25) is 5.02 Å². The summed E-state index contributed by atoms with van der Waals surface area (Å²) in [4.78, 5) is 25.7. The summed E-state index contributed by atoms with van der Waals surface area (Å²) in [6.07, 6.45) is 1.45. The van der Waals surface area contributed by atoms with Crippen LogP contribution in [-0.4, -0.2) is 40.6 Å². The zero-order valence-corrected chi connectivity index (χ0v) is 14.6. The first kappa shape index (κ1) is 17.9. The van der Waals surface area contributed by atoms with Crippen LogP contribution in [0.5, 0.6) is 0 Å². The molecule has 1 aromatic carbocycles. The minimum Gasteiger partial charge on any atom is -0.346 e. The number of aromatic nitrogens is 3. The van der Waals surface area contributed by atoms with Crippen molar-refractivity contribution in [1.82, 2.24) is 19.8 Å². The molecule has 0 bridgehead atoms. The number of anilines is 1. The highest BCUT2D eigenvalue weighted by Gasteiger charge is 2.19. The summed E-state index contributed by atoms with van der Waals surface area (Å²) in [5.74, 6) is 5.80. The lowest BCUT2D eigenvalue weighted by molar-refractivity contribution is 0.235. The van der Waals surface area contributed by atoms with Crippen LogP contribution in [0.3, 0.4) is 0 Å². The molecule has 0 aliphatic rings. The number of halogens is 1. The van der Waals surface area contributed by atoms with Gasteiger partial charge in [0.15, 0.2) is 0 Å². The molecule has 0 aliphatic heterocycles. The van der Waals surface area contributed by atoms with Gasteiger partial charge in [-0.1, -0.05) is 23.7 Å². The number of nitrogens with two attached hydrogens (primary N) is 1. The molecule has 1 amide bonds. The molecule has 24 heavy (non-hydrogen) atoms. The average molecular weight is 353 g/mol. The van der Waals surface area contributed by atoms with E-state index in [1.165, 1.54) is 0 Å². The maximum atomic E-state index is 12.2. The van der Waals surface area contributed by atoms with E-state index in [0.717, 1.165) is 21.3 Å². The van der Waals surface area contributed by atoms with E-state index in [-0.39, 0.29) is 12.0 Å². The number of amides is 1. The van der Waals surface area contributed by atoms with Gasteiger partial charge in [0.2, 0.25) is 5.95 Å². The molecule has 0 aliphatic carbocycles. The van der Waals surface area contributed by atoms with Gasteiger partial charge in [-0.15, -0.1) is 9.78 Å². The molecule has 1 unspecified atom stereocenters. The van der Waals surface area contributed by atoms with Gasteiger partial charge in [-0.2, -0.15) is 4.68 Å². The first-order chi connectivity index (χ1) is 11.3. The first-order valence-electron chi connectivity index (χ1n) is 7.49. The van der Waals surface area contributed by atoms with Gasteiger partial charge < -0.3 is 16.1 Å². The monoisotopic (exact) mass is 352 g/mol. The Kier molecular flexibility index (Phi) is 5.50. The Morgan fingerprint density at radius 1 is 1.46 bits per heavy atom. The minimum absolute atomic E-state index is 0.144. The van der Waals surface area contributed by atoms with Crippen LogP contribution < -0.4 is 21.7 Å². The van der Waals surface area contributed by atoms with Gasteiger partial charge in [0, 0.05) is 25.2 Å². The SMILES string of the molecule is CC(CCc1cccc(Cl)c1)NC(=O)n1nc(N(C)C)n(N)c1=O. The molecule has 2 aromatic rings. The highest BCUT2D eigenvalue weighted by molar-refractivity contribution is 6.30. The third-order valence-electron chi connectivity index (χ3n) is 3.51. The van der Waals surface area contributed by atoms with Crippen LogP contribution in [0, 0.1) is 0 Å². The molecule has 0 fully saturated rings. The molecule has 3 N–H and O–H groups in total. The molecule has 0 saturated heterocycles. The predicted octanol–water partition coefficient (Wildman–Crippen LogP) is 1.06. The molecular formula is C15H21ClN6O2. The van der Waals surface area contributed by atoms with Gasteiger partial charge in [0.1, 0.15) is 0 Å². The number of aryl methyl sites for hydroxylation is 1. The van der Waals surface area contributed by atoms with Gasteiger partial charge in [0.25, 0.3) is 0 Å². The Hall–Kier alpha value is -2.48. The van der Waals surface area contributed by atoms with Crippen LogP contribution in [0.1, 0.15) is 18.9 Å². The zero-order valence-electron chi connectivity index (χ0n) is 13.9. The van der Waals surface area contributed by atoms with E-state index in [9.17, 15) is 9.59 Å². The molecule has 8 nitrogen and oxygen atoms in total. The number of carbonyl (C=O) groups is 1. The number of nitrogen functional groups attached to an aromatic ring is 1. The van der Waals surface area contributed by atoms with Gasteiger partial charge in [-0.25, -0.2) is 9.59 Å². The molecule has 130 valence electrons. The minimum atomic E-state index is -0.696. The highest BCUT2D eigenvalue weighted by atomic mass is 35.5. The number of nitrogens with zero attached hydrogens (tertiary/aromatic N) is 4. The van der Waals surface area contributed by atoms with E-state index < -0.39 is 11.7 Å². The standard InChI is InChI=1S/C15H21ClN6O2/c1-10(7-8-11-5-4-6-12(16)9-11)18-14(23)22-15(24)21(17)13(19-22)20(2)3/h4-6,9-10H,7-8,17H2,1-3H3,(H,18,23). The fourth-order valence-corrected chi connectivity index (χ4v) is 2.44. The lowest BCUT2D eigenvalue weighted by Gasteiger charge is -2.13. The molecule has 1 atom stereocenters. The molecule has 1 heterocycles. The third-order valence-corrected chi connectivity index (χ3v) is 3.74. The van der Waals surface area contributed by atoms with Crippen molar-refractivity contribution < 1.29 is 4.79 Å². The number of hydrogen-bond donors (Lipinski definition) is 2. The number of nitrogens with one attached hydrogen (secondary N) is 1. The quantitative estimate of drug-likeness (QED) is 0.784. The molecular weight excluding hydrogens is 332 g/mol. The van der Waals surface area contributed by atoms with Crippen molar-refractivity contribution in [2.24, 2.45) is 0 Å². The molecule has 0 spiro atoms. The molecule has 0 radical (unpaired) electrons. The van der Waals surface area contributed by atoms with Crippen molar-refractivity contribution >= 4 is 23.6 Å². The van der Waals surface area contributed by atoms with Gasteiger partial charge in [-0.05, 0) is 37.5 Å². The lowest BCUT2D eigenvalue weighted by atomic mass is 10.1. The van der Waals surface area contributed by atoms with Gasteiger partial charge >= 0.3 is 11.7 Å². The Morgan fingerprint density at radius 2 is 2.17 bits per heavy atom. The molecule has 0 saturated carbocycles. The average Bonchev–Trinajstić information content (AvgIpc) is 2.81. The lowest BCUT2D eigenvalue weighted by Crippen LogP contribution is -2.42. The van der Waals surface area contributed by atoms with E-state index in [1.54, 1.807) is 19.0 Å². The maximum absolute atomic E-state index is 12.2. The summed E-state index contributed by atoms with van der Waals surface area (Å²) < 4.78 is 1.56. The highest BCUT2D eigenvalue weighted by Crippen LogP contribution is 2.13. The van der Waals surface area contributed by atoms with Crippen LogP contribution in [0.25, 0.3) is 0 Å². The van der Waals surface area contributed by atoms with Crippen molar-refractivity contribution in [2.75, 3.05) is 24.8 Å². The van der Waals surface area contributed by atoms with Crippen LogP contribution in [-0.2, 0) is 6.42 Å². The summed E-state index contributed by atoms with van der Waals surface area (Å²) >= 11 is 5.95. The smallest absolute Gasteiger partial charge is 0.346 e.